The van der Waals surface area contributed by atoms with E-state index in [9.17, 15) is 22.0 Å². The number of hydrogen-bond donors (Lipinski definition) is 3. The van der Waals surface area contributed by atoms with Gasteiger partial charge in [-0.15, -0.1) is 0 Å². The molecule has 208 valence electrons. The van der Waals surface area contributed by atoms with E-state index in [0.29, 0.717) is 51.8 Å². The van der Waals surface area contributed by atoms with Crippen LogP contribution in [0.3, 0.4) is 0 Å². The first-order chi connectivity index (χ1) is 19.6. The summed E-state index contributed by atoms with van der Waals surface area (Å²) in [6.07, 6.45) is 1.50. The summed E-state index contributed by atoms with van der Waals surface area (Å²) in [4.78, 5) is 20.0. The van der Waals surface area contributed by atoms with Crippen LogP contribution >= 0.6 is 0 Å². The van der Waals surface area contributed by atoms with Gasteiger partial charge in [-0.25, -0.2) is 27.2 Å². The molecule has 0 aliphatic carbocycles. The van der Waals surface area contributed by atoms with Crippen molar-refractivity contribution in [3.05, 3.63) is 96.2 Å². The van der Waals surface area contributed by atoms with Gasteiger partial charge in [0.2, 0.25) is 5.88 Å². The third-order valence-corrected chi connectivity index (χ3v) is 7.64. The minimum Gasteiger partial charge on any atom is -0.480 e. The largest absolute Gasteiger partial charge is 0.480 e. The van der Waals surface area contributed by atoms with Gasteiger partial charge in [0.15, 0.2) is 0 Å². The number of halogens is 2. The molecule has 0 spiro atoms. The van der Waals surface area contributed by atoms with Crippen molar-refractivity contribution in [2.75, 3.05) is 24.6 Å². The number of sulfonamides is 1. The fourth-order valence-corrected chi connectivity index (χ4v) is 5.37. The second kappa shape index (κ2) is 10.8. The molecule has 41 heavy (non-hydrogen) atoms. The normalized spacial score (nSPS) is 11.3. The Balaban J connectivity index is 1.52. The fraction of sp³-hybridized carbons (Fsp3) is 0.0690. The van der Waals surface area contributed by atoms with Crippen molar-refractivity contribution in [3.8, 4) is 28.1 Å². The molecule has 0 bridgehead atoms. The highest BCUT2D eigenvalue weighted by atomic mass is 32.2. The zero-order valence-corrected chi connectivity index (χ0v) is 22.6. The summed E-state index contributed by atoms with van der Waals surface area (Å²) < 4.78 is 60.7. The third-order valence-electron chi connectivity index (χ3n) is 6.30. The van der Waals surface area contributed by atoms with Crippen molar-refractivity contribution in [2.45, 2.75) is 4.90 Å². The maximum atomic E-state index is 13.7. The number of nitrogens with zero attached hydrogens (tertiary/aromatic N) is 2. The molecule has 0 saturated heterocycles. The van der Waals surface area contributed by atoms with Gasteiger partial charge in [-0.05, 0) is 59.7 Å². The lowest BCUT2D eigenvalue weighted by Gasteiger charge is -2.13. The average Bonchev–Trinajstić information content (AvgIpc) is 2.95. The van der Waals surface area contributed by atoms with Crippen LogP contribution in [0.5, 0.6) is 5.88 Å². The number of hydrogen-bond acceptors (Lipinski definition) is 7. The molecule has 5 rings (SSSR count). The Morgan fingerprint density at radius 3 is 2.24 bits per heavy atom. The first-order valence-corrected chi connectivity index (χ1v) is 13.6. The number of benzene rings is 3. The highest BCUT2D eigenvalue weighted by molar-refractivity contribution is 7.92. The summed E-state index contributed by atoms with van der Waals surface area (Å²) >= 11 is 0. The molecule has 9 nitrogen and oxygen atoms in total. The van der Waals surface area contributed by atoms with Gasteiger partial charge < -0.3 is 15.8 Å². The number of anilines is 2. The molecule has 1 amide bonds. The number of methoxy groups -OCH3 is 1. The van der Waals surface area contributed by atoms with Gasteiger partial charge in [0.25, 0.3) is 15.9 Å². The Bertz CT molecular complexity index is 1900. The minimum atomic E-state index is -4.37. The lowest BCUT2D eigenvalue weighted by molar-refractivity contribution is 0.0963. The second-order valence-electron chi connectivity index (χ2n) is 8.98. The fourth-order valence-electron chi connectivity index (χ4n) is 4.28. The third kappa shape index (κ3) is 5.63. The number of nitrogens with two attached hydrogens (primary N) is 1. The highest BCUT2D eigenvalue weighted by Gasteiger charge is 2.20. The van der Waals surface area contributed by atoms with Gasteiger partial charge in [-0.1, -0.05) is 18.2 Å². The van der Waals surface area contributed by atoms with Crippen molar-refractivity contribution in [1.82, 2.24) is 15.3 Å². The molecule has 0 fully saturated rings. The van der Waals surface area contributed by atoms with E-state index in [0.717, 1.165) is 10.9 Å². The van der Waals surface area contributed by atoms with Crippen molar-refractivity contribution in [1.29, 1.82) is 0 Å². The predicted molar refractivity (Wildman–Crippen MR) is 152 cm³/mol. The number of nitrogen functional groups attached to an aromatic ring is 1. The molecule has 5 aromatic rings. The number of ether oxygens (including phenoxy) is 1. The Kier molecular flexibility index (Phi) is 7.24. The molecule has 0 unspecified atom stereocenters. The van der Waals surface area contributed by atoms with Crippen LogP contribution in [0.25, 0.3) is 33.2 Å². The Morgan fingerprint density at radius 1 is 0.902 bits per heavy atom. The van der Waals surface area contributed by atoms with Crippen LogP contribution in [0.1, 0.15) is 10.4 Å². The maximum Gasteiger partial charge on any atom is 0.262 e. The van der Waals surface area contributed by atoms with E-state index >= 15 is 0 Å². The van der Waals surface area contributed by atoms with Crippen molar-refractivity contribution in [3.63, 3.8) is 0 Å². The van der Waals surface area contributed by atoms with Crippen molar-refractivity contribution >= 4 is 38.3 Å². The van der Waals surface area contributed by atoms with Gasteiger partial charge in [0.1, 0.15) is 23.1 Å². The second-order valence-corrected chi connectivity index (χ2v) is 10.7. The number of amides is 1. The van der Waals surface area contributed by atoms with Crippen LogP contribution in [0, 0.1) is 11.6 Å². The lowest BCUT2D eigenvalue weighted by Crippen LogP contribution is -2.17. The minimum absolute atomic E-state index is 0.0258. The highest BCUT2D eigenvalue weighted by Crippen LogP contribution is 2.34. The molecule has 4 N–H and O–H groups in total. The molecule has 12 heteroatoms. The number of nitrogens with one attached hydrogen (secondary N) is 2. The lowest BCUT2D eigenvalue weighted by atomic mass is 10.00. The van der Waals surface area contributed by atoms with E-state index in [4.69, 9.17) is 10.5 Å². The molecule has 2 aromatic heterocycles. The maximum absolute atomic E-state index is 13.7. The first-order valence-electron chi connectivity index (χ1n) is 12.1. The van der Waals surface area contributed by atoms with E-state index in [2.05, 4.69) is 20.0 Å². The summed E-state index contributed by atoms with van der Waals surface area (Å²) in [5.74, 6) is -1.99. The molecule has 0 saturated carbocycles. The van der Waals surface area contributed by atoms with Gasteiger partial charge in [-0.3, -0.25) is 9.52 Å². The van der Waals surface area contributed by atoms with Crippen LogP contribution < -0.4 is 20.5 Å². The van der Waals surface area contributed by atoms with Crippen LogP contribution in [0.15, 0.2) is 83.9 Å². The number of rotatable bonds is 7. The van der Waals surface area contributed by atoms with E-state index < -0.39 is 26.6 Å². The monoisotopic (exact) mass is 575 g/mol. The van der Waals surface area contributed by atoms with Gasteiger partial charge in [0.05, 0.1) is 17.5 Å². The summed E-state index contributed by atoms with van der Waals surface area (Å²) in [7, 11) is -1.50. The molecule has 2 heterocycles. The predicted octanol–water partition coefficient (Wildman–Crippen LogP) is 4.99. The Morgan fingerprint density at radius 2 is 1.59 bits per heavy atom. The molecular formula is C29H23F2N5O4S. The van der Waals surface area contributed by atoms with Gasteiger partial charge in [-0.2, -0.15) is 0 Å². The molecule has 3 aromatic carbocycles. The smallest absolute Gasteiger partial charge is 0.262 e. The first kappa shape index (κ1) is 27.5. The Hall–Kier alpha value is -5.10. The molecule has 0 aliphatic rings. The average molecular weight is 576 g/mol. The number of aromatic nitrogens is 2. The Labute approximate surface area is 234 Å². The molecule has 0 aliphatic heterocycles. The number of carbonyl (C=O) groups is 1. The van der Waals surface area contributed by atoms with Gasteiger partial charge >= 0.3 is 0 Å². The summed E-state index contributed by atoms with van der Waals surface area (Å²) in [6.45, 7) is 0. The van der Waals surface area contributed by atoms with Crippen LogP contribution in [0.4, 0.5) is 20.3 Å². The topological polar surface area (TPSA) is 136 Å². The number of fused-ring (bicyclic) bond motifs is 1. The standard InChI is InChI=1S/C29H23F2N5O4S/c1-33-28(37)17-5-3-16(4-6-17)24-10-19-9-18(7-8-25(19)35-27(24)32)20-11-26(29(40-2)34-15-20)36-41(38,39)23-13-21(30)12-22(31)14-23/h3-15,36H,1-2H3,(H2,32,35)(H,33,37). The van der Waals surface area contributed by atoms with Crippen molar-refractivity contribution < 1.29 is 26.7 Å². The van der Waals surface area contributed by atoms with E-state index in [1.807, 2.05) is 12.1 Å². The summed E-state index contributed by atoms with van der Waals surface area (Å²) in [5.41, 5.74) is 10.0. The van der Waals surface area contributed by atoms with Crippen LogP contribution in [-0.4, -0.2) is 38.5 Å². The molecule has 0 radical (unpaired) electrons. The van der Waals surface area contributed by atoms with E-state index in [1.54, 1.807) is 43.4 Å². The zero-order chi connectivity index (χ0) is 29.3. The number of pyridine rings is 2. The molecular weight excluding hydrogens is 552 g/mol. The molecule has 0 atom stereocenters. The van der Waals surface area contributed by atoms with E-state index in [1.165, 1.54) is 19.4 Å². The summed E-state index contributed by atoms with van der Waals surface area (Å²) in [6, 6.07) is 17.7. The number of carbonyl (C=O) groups excluding carboxylic acids is 1. The van der Waals surface area contributed by atoms with Crippen LogP contribution in [0.2, 0.25) is 0 Å². The van der Waals surface area contributed by atoms with Crippen LogP contribution in [-0.2, 0) is 10.0 Å². The zero-order valence-electron chi connectivity index (χ0n) is 21.8. The van der Waals surface area contributed by atoms with E-state index in [-0.39, 0.29) is 17.5 Å². The SMILES string of the molecule is CNC(=O)c1ccc(-c2cc3cc(-c4cnc(OC)c(NS(=O)(=O)c5cc(F)cc(F)c5)c4)ccc3nc2N)cc1. The quantitative estimate of drug-likeness (QED) is 0.249. The van der Waals surface area contributed by atoms with Gasteiger partial charge in [0, 0.05) is 41.4 Å². The summed E-state index contributed by atoms with van der Waals surface area (Å²) in [5, 5.41) is 3.32. The van der Waals surface area contributed by atoms with Crippen molar-refractivity contribution in [2.24, 2.45) is 0 Å².